The third-order valence-electron chi connectivity index (χ3n) is 11.6. The molecule has 7 atom stereocenters. The minimum atomic E-state index is -1.04. The Bertz CT molecular complexity index is 1950. The number of amides is 5. The third kappa shape index (κ3) is 19.5. The zero-order chi connectivity index (χ0) is 50.3. The molecule has 1 aromatic heterocycles. The number of hydrogen-bond acceptors (Lipinski definition) is 16. The average Bonchev–Trinajstić information content (AvgIpc) is 3.80. The van der Waals surface area contributed by atoms with Gasteiger partial charge in [-0.1, -0.05) is 66.5 Å². The highest BCUT2D eigenvalue weighted by molar-refractivity contribution is 8.86. The average molecular weight is 1000 g/mol. The van der Waals surface area contributed by atoms with Gasteiger partial charge in [0.15, 0.2) is 12.8 Å². The molecule has 1 aliphatic heterocycles. The lowest BCUT2D eigenvalue weighted by Crippen LogP contribution is -2.59. The van der Waals surface area contributed by atoms with Gasteiger partial charge in [0.2, 0.25) is 17.7 Å². The van der Waals surface area contributed by atoms with E-state index >= 15 is 0 Å². The second-order valence-electron chi connectivity index (χ2n) is 17.3. The molecule has 0 saturated carbocycles. The molecule has 1 aromatic carbocycles. The SMILES string of the molecule is [B][B]SSCCOC(=O)NNC(=O)[C@@H](C)C[C@H](Cc1ccc(O)cc1)NC(=O)c1csc([C@@H](CC(C(C)C)N(COC(=O)CCC)C(=O)C(NC(=O)[C@H]2CCCCN2C)C(C)CC)OC(C)=O)n1. The second-order valence-corrected chi connectivity index (χ2v) is 20.5. The molecule has 5 amide bonds. The first-order chi connectivity index (χ1) is 32.4. The Morgan fingerprint density at radius 2 is 1.74 bits per heavy atom. The van der Waals surface area contributed by atoms with Crippen LogP contribution in [-0.4, -0.2) is 133 Å². The molecule has 1 aliphatic rings. The largest absolute Gasteiger partial charge is 0.508 e. The number of carbonyl (C=O) groups excluding carboxylic acids is 7. The standard InChI is InChI=1S/C45H68B2N7O11S3/c1-9-13-38(57)64-26-54(44(61)39(28(5)10-2)50-42(60)35-14-11-12-19-53(35)8)36(27(3)4)24-37(65-30(7)55)43-49-34(25-66-43)41(59)48-32(23-31-15-17-33(56)18-16-31)22-29(6)40(58)51-52-45(62)63-20-21-67-68-47-46/h15-18,25,27-29,32,35-37,39,56H,9-14,19-24,26H2,1-8H3,(H,48,59)(H,50,60)(H,51,58)(H,52,62)/t28?,29-,32+,35+,36?,37+,39?/m0/s1. The molecule has 1 saturated heterocycles. The number of nitrogens with one attached hydrogen (secondary N) is 4. The highest BCUT2D eigenvalue weighted by Gasteiger charge is 2.39. The van der Waals surface area contributed by atoms with Gasteiger partial charge < -0.3 is 34.9 Å². The van der Waals surface area contributed by atoms with Gasteiger partial charge in [0, 0.05) is 56.6 Å². The third-order valence-corrected chi connectivity index (χ3v) is 14.3. The van der Waals surface area contributed by atoms with E-state index in [9.17, 15) is 38.7 Å². The van der Waals surface area contributed by atoms with Gasteiger partial charge in [-0.05, 0) is 75.2 Å². The van der Waals surface area contributed by atoms with Crippen LogP contribution >= 0.6 is 32.8 Å². The van der Waals surface area contributed by atoms with Crippen molar-refractivity contribution in [1.29, 1.82) is 0 Å². The molecule has 0 spiro atoms. The molecule has 2 heterocycles. The number of hydrogen-bond donors (Lipinski definition) is 5. The summed E-state index contributed by atoms with van der Waals surface area (Å²) < 4.78 is 16.6. The molecule has 373 valence electrons. The lowest BCUT2D eigenvalue weighted by molar-refractivity contribution is -0.160. The van der Waals surface area contributed by atoms with Crippen LogP contribution in [0.3, 0.4) is 0 Å². The Hall–Kier alpha value is -4.47. The highest BCUT2D eigenvalue weighted by atomic mass is 33.1. The van der Waals surface area contributed by atoms with Crippen LogP contribution in [0.5, 0.6) is 5.75 Å². The van der Waals surface area contributed by atoms with Gasteiger partial charge in [-0.15, -0.1) is 22.1 Å². The van der Waals surface area contributed by atoms with Crippen LogP contribution in [-0.2, 0) is 44.6 Å². The fourth-order valence-corrected chi connectivity index (χ4v) is 9.50. The quantitative estimate of drug-likeness (QED) is 0.0147. The Morgan fingerprint density at radius 1 is 1.01 bits per heavy atom. The van der Waals surface area contributed by atoms with E-state index in [1.807, 2.05) is 46.6 Å². The summed E-state index contributed by atoms with van der Waals surface area (Å²) in [7, 11) is 9.90. The van der Waals surface area contributed by atoms with Gasteiger partial charge in [-0.3, -0.25) is 39.1 Å². The molecule has 3 unspecified atom stereocenters. The first-order valence-corrected chi connectivity index (χ1v) is 26.4. The minimum absolute atomic E-state index is 0.00930. The first kappa shape index (κ1) is 57.8. The summed E-state index contributed by atoms with van der Waals surface area (Å²) in [6.07, 6.45) is 3.70. The van der Waals surface area contributed by atoms with Crippen LogP contribution in [0.25, 0.3) is 0 Å². The van der Waals surface area contributed by atoms with Gasteiger partial charge >= 0.3 is 18.0 Å². The van der Waals surface area contributed by atoms with Crippen LogP contribution < -0.4 is 21.5 Å². The van der Waals surface area contributed by atoms with Gasteiger partial charge in [-0.25, -0.2) is 15.2 Å². The van der Waals surface area contributed by atoms with Crippen molar-refractivity contribution < 1.29 is 52.9 Å². The van der Waals surface area contributed by atoms with Crippen LogP contribution in [0.2, 0.25) is 0 Å². The minimum Gasteiger partial charge on any atom is -0.508 e. The molecular formula is C45H68B2N7O11S3. The van der Waals surface area contributed by atoms with Crippen LogP contribution in [0, 0.1) is 17.8 Å². The first-order valence-electron chi connectivity index (χ1n) is 23.1. The number of aromatic nitrogens is 1. The van der Waals surface area contributed by atoms with Crippen molar-refractivity contribution in [1.82, 2.24) is 36.3 Å². The Balaban J connectivity index is 1.89. The van der Waals surface area contributed by atoms with Gasteiger partial charge in [0.1, 0.15) is 35.5 Å². The van der Waals surface area contributed by atoms with E-state index in [4.69, 9.17) is 21.9 Å². The number of ether oxygens (including phenoxy) is 3. The number of aromatic hydroxyl groups is 1. The van der Waals surface area contributed by atoms with Crippen molar-refractivity contribution in [2.75, 3.05) is 32.7 Å². The van der Waals surface area contributed by atoms with Crippen molar-refractivity contribution >= 4 is 88.6 Å². The number of benzene rings is 1. The van der Waals surface area contributed by atoms with E-state index in [-0.39, 0.29) is 66.5 Å². The van der Waals surface area contributed by atoms with E-state index in [1.54, 1.807) is 19.1 Å². The molecule has 3 rings (SSSR count). The molecule has 3 radical (unpaired) electrons. The Morgan fingerprint density at radius 3 is 2.37 bits per heavy atom. The summed E-state index contributed by atoms with van der Waals surface area (Å²) in [5.74, 6) is -3.68. The molecule has 0 bridgehead atoms. The summed E-state index contributed by atoms with van der Waals surface area (Å²) >= 11 is 1.08. The molecule has 18 nitrogen and oxygen atoms in total. The lowest BCUT2D eigenvalue weighted by Gasteiger charge is -2.39. The highest BCUT2D eigenvalue weighted by Crippen LogP contribution is 2.32. The maximum absolute atomic E-state index is 14.9. The van der Waals surface area contributed by atoms with Gasteiger partial charge in [-0.2, -0.15) is 10.6 Å². The molecule has 68 heavy (non-hydrogen) atoms. The van der Waals surface area contributed by atoms with E-state index in [0.717, 1.165) is 36.3 Å². The van der Waals surface area contributed by atoms with E-state index < -0.39 is 78.7 Å². The fraction of sp³-hybridized carbons (Fsp3) is 0.644. The normalized spacial score (nSPS) is 16.5. The number of rotatable bonds is 27. The summed E-state index contributed by atoms with van der Waals surface area (Å²) in [5.41, 5.74) is 5.35. The number of esters is 2. The molecule has 1 fully saturated rings. The summed E-state index contributed by atoms with van der Waals surface area (Å²) in [6, 6.07) is 3.73. The Kier molecular flexibility index (Phi) is 25.7. The maximum atomic E-state index is 14.9. The fourth-order valence-electron chi connectivity index (χ4n) is 7.61. The molecule has 2 aromatic rings. The number of phenols is 1. The number of nitrogens with zero attached hydrogens (tertiary/aromatic N) is 3. The van der Waals surface area contributed by atoms with E-state index in [1.165, 1.54) is 57.2 Å². The zero-order valence-electron chi connectivity index (χ0n) is 40.4. The number of piperidine rings is 1. The number of likely N-dealkylation sites (tertiary alicyclic amines) is 1. The predicted molar refractivity (Wildman–Crippen MR) is 265 cm³/mol. The Labute approximate surface area is 414 Å². The maximum Gasteiger partial charge on any atom is 0.426 e. The summed E-state index contributed by atoms with van der Waals surface area (Å²) in [4.78, 5) is 101. The van der Waals surface area contributed by atoms with Gasteiger partial charge in [0.05, 0.1) is 6.04 Å². The monoisotopic (exact) mass is 1000 g/mol. The topological polar surface area (TPSA) is 235 Å². The number of hydrazine groups is 1. The number of thiazole rings is 1. The number of phenolic OH excluding ortho intramolecular Hbond substituents is 1. The van der Waals surface area contributed by atoms with Crippen LogP contribution in [0.15, 0.2) is 29.6 Å². The van der Waals surface area contributed by atoms with Crippen molar-refractivity contribution in [3.05, 3.63) is 45.9 Å². The summed E-state index contributed by atoms with van der Waals surface area (Å²) in [6.45, 7) is 12.8. The summed E-state index contributed by atoms with van der Waals surface area (Å²) in [5, 5.41) is 17.7. The predicted octanol–water partition coefficient (Wildman–Crippen LogP) is 5.22. The second kappa shape index (κ2) is 30.2. The lowest BCUT2D eigenvalue weighted by atomic mass is 9.79. The number of likely N-dealkylation sites (N-methyl/N-ethyl adjacent to an activating group) is 1. The molecule has 23 heteroatoms. The zero-order valence-corrected chi connectivity index (χ0v) is 42.9. The van der Waals surface area contributed by atoms with Crippen LogP contribution in [0.1, 0.15) is 127 Å². The molecular weight excluding hydrogens is 932 g/mol. The molecule has 5 N–H and O–H groups in total. The van der Waals surface area contributed by atoms with Crippen molar-refractivity contribution in [2.45, 2.75) is 137 Å². The van der Waals surface area contributed by atoms with Crippen molar-refractivity contribution in [3.63, 3.8) is 0 Å². The smallest absolute Gasteiger partial charge is 0.426 e. The van der Waals surface area contributed by atoms with Gasteiger partial charge in [0.25, 0.3) is 5.91 Å². The van der Waals surface area contributed by atoms with Crippen LogP contribution in [0.4, 0.5) is 4.79 Å². The van der Waals surface area contributed by atoms with Crippen molar-refractivity contribution in [2.24, 2.45) is 17.8 Å². The number of carbonyl (C=O) groups is 7. The van der Waals surface area contributed by atoms with Crippen molar-refractivity contribution in [3.8, 4) is 5.75 Å². The van der Waals surface area contributed by atoms with E-state index in [0.29, 0.717) is 25.0 Å². The van der Waals surface area contributed by atoms with E-state index in [2.05, 4.69) is 26.5 Å². The molecule has 0 aliphatic carbocycles.